The van der Waals surface area contributed by atoms with Crippen LogP contribution in [0.3, 0.4) is 0 Å². The molecule has 1 aliphatic rings. The van der Waals surface area contributed by atoms with Gasteiger partial charge in [-0.2, -0.15) is 0 Å². The van der Waals surface area contributed by atoms with Gasteiger partial charge >= 0.3 is 6.09 Å². The Morgan fingerprint density at radius 2 is 2.33 bits per heavy atom. The lowest BCUT2D eigenvalue weighted by Crippen LogP contribution is -2.47. The molecule has 1 heterocycles. The Kier molecular flexibility index (Phi) is 4.07. The normalized spacial score (nSPS) is 19.4. The van der Waals surface area contributed by atoms with E-state index in [1.165, 1.54) is 18.4 Å². The van der Waals surface area contributed by atoms with E-state index in [1.54, 1.807) is 0 Å². The third-order valence-corrected chi connectivity index (χ3v) is 3.30. The van der Waals surface area contributed by atoms with Crippen LogP contribution in [0.2, 0.25) is 0 Å². The highest BCUT2D eigenvalue weighted by Gasteiger charge is 2.21. The van der Waals surface area contributed by atoms with E-state index < -0.39 is 0 Å². The van der Waals surface area contributed by atoms with Crippen molar-refractivity contribution in [2.45, 2.75) is 25.8 Å². The SMILES string of the molecule is COC(=O)NC1CCCN(c2cccc(C)c2)C1. The minimum Gasteiger partial charge on any atom is -0.453 e. The summed E-state index contributed by atoms with van der Waals surface area (Å²) in [6.07, 6.45) is 1.76. The van der Waals surface area contributed by atoms with Crippen molar-refractivity contribution < 1.29 is 9.53 Å². The van der Waals surface area contributed by atoms with Crippen LogP contribution in [-0.2, 0) is 4.74 Å². The molecule has 4 heteroatoms. The number of alkyl carbamates (subject to hydrolysis) is 1. The van der Waals surface area contributed by atoms with Gasteiger partial charge in [0.25, 0.3) is 0 Å². The van der Waals surface area contributed by atoms with Gasteiger partial charge in [0.15, 0.2) is 0 Å². The minimum absolute atomic E-state index is 0.173. The predicted octanol–water partition coefficient (Wildman–Crippen LogP) is 2.32. The maximum Gasteiger partial charge on any atom is 0.407 e. The number of carbonyl (C=O) groups is 1. The molecule has 0 bridgehead atoms. The average molecular weight is 248 g/mol. The van der Waals surface area contributed by atoms with Crippen LogP contribution in [0.1, 0.15) is 18.4 Å². The minimum atomic E-state index is -0.342. The Morgan fingerprint density at radius 1 is 1.50 bits per heavy atom. The number of methoxy groups -OCH3 is 1. The van der Waals surface area contributed by atoms with E-state index in [-0.39, 0.29) is 12.1 Å². The molecule has 0 spiro atoms. The molecule has 1 saturated heterocycles. The zero-order chi connectivity index (χ0) is 13.0. The largest absolute Gasteiger partial charge is 0.453 e. The van der Waals surface area contributed by atoms with Crippen molar-refractivity contribution in [3.63, 3.8) is 0 Å². The van der Waals surface area contributed by atoms with Gasteiger partial charge in [-0.3, -0.25) is 0 Å². The predicted molar refractivity (Wildman–Crippen MR) is 72.0 cm³/mol. The number of ether oxygens (including phenoxy) is 1. The third-order valence-electron chi connectivity index (χ3n) is 3.30. The van der Waals surface area contributed by atoms with Gasteiger partial charge in [-0.05, 0) is 37.5 Å². The van der Waals surface area contributed by atoms with E-state index in [9.17, 15) is 4.79 Å². The highest BCUT2D eigenvalue weighted by Crippen LogP contribution is 2.20. The van der Waals surface area contributed by atoms with Gasteiger partial charge in [-0.1, -0.05) is 12.1 Å². The smallest absolute Gasteiger partial charge is 0.407 e. The average Bonchev–Trinajstić information content (AvgIpc) is 2.39. The van der Waals surface area contributed by atoms with E-state index in [4.69, 9.17) is 0 Å². The first kappa shape index (κ1) is 12.7. The third kappa shape index (κ3) is 3.15. The Balaban J connectivity index is 2.00. The Labute approximate surface area is 108 Å². The van der Waals surface area contributed by atoms with Gasteiger partial charge in [0.1, 0.15) is 0 Å². The number of rotatable bonds is 2. The van der Waals surface area contributed by atoms with Crippen molar-refractivity contribution in [3.8, 4) is 0 Å². The molecule has 4 nitrogen and oxygen atoms in total. The number of aryl methyl sites for hydroxylation is 1. The number of piperidine rings is 1. The standard InChI is InChI=1S/C14H20N2O2/c1-11-5-3-7-13(9-11)16-8-4-6-12(10-16)15-14(17)18-2/h3,5,7,9,12H,4,6,8,10H2,1-2H3,(H,15,17). The zero-order valence-corrected chi connectivity index (χ0v) is 11.0. The van der Waals surface area contributed by atoms with E-state index in [0.717, 1.165) is 25.9 Å². The van der Waals surface area contributed by atoms with Crippen molar-refractivity contribution in [2.24, 2.45) is 0 Å². The topological polar surface area (TPSA) is 41.6 Å². The molecule has 1 aromatic carbocycles. The molecule has 1 aromatic rings. The molecule has 1 aliphatic heterocycles. The number of amides is 1. The van der Waals surface area contributed by atoms with Crippen molar-refractivity contribution in [2.75, 3.05) is 25.1 Å². The van der Waals surface area contributed by atoms with Crippen LogP contribution >= 0.6 is 0 Å². The number of benzene rings is 1. The van der Waals surface area contributed by atoms with Gasteiger partial charge in [0.2, 0.25) is 0 Å². The summed E-state index contributed by atoms with van der Waals surface area (Å²) < 4.78 is 4.64. The number of carbonyl (C=O) groups excluding carboxylic acids is 1. The van der Waals surface area contributed by atoms with E-state index >= 15 is 0 Å². The maximum atomic E-state index is 11.2. The summed E-state index contributed by atoms with van der Waals surface area (Å²) in [6, 6.07) is 8.64. The van der Waals surface area contributed by atoms with Crippen molar-refractivity contribution in [1.29, 1.82) is 0 Å². The van der Waals surface area contributed by atoms with Gasteiger partial charge in [-0.25, -0.2) is 4.79 Å². The number of nitrogens with one attached hydrogen (secondary N) is 1. The van der Waals surface area contributed by atoms with Gasteiger partial charge in [0, 0.05) is 24.8 Å². The van der Waals surface area contributed by atoms with Crippen LogP contribution in [0.25, 0.3) is 0 Å². The van der Waals surface area contributed by atoms with E-state index in [1.807, 2.05) is 0 Å². The molecule has 1 amide bonds. The fourth-order valence-electron chi connectivity index (χ4n) is 2.38. The number of hydrogen-bond acceptors (Lipinski definition) is 3. The summed E-state index contributed by atoms with van der Waals surface area (Å²) in [5, 5.41) is 2.88. The molecule has 0 aliphatic carbocycles. The zero-order valence-electron chi connectivity index (χ0n) is 11.0. The number of hydrogen-bond donors (Lipinski definition) is 1. The molecule has 0 radical (unpaired) electrons. The van der Waals surface area contributed by atoms with Crippen molar-refractivity contribution >= 4 is 11.8 Å². The van der Waals surface area contributed by atoms with E-state index in [2.05, 4.69) is 46.1 Å². The molecular formula is C14H20N2O2. The summed E-state index contributed by atoms with van der Waals surface area (Å²) in [6.45, 7) is 3.99. The van der Waals surface area contributed by atoms with Crippen LogP contribution in [0.5, 0.6) is 0 Å². The number of anilines is 1. The van der Waals surface area contributed by atoms with Gasteiger partial charge in [-0.15, -0.1) is 0 Å². The molecule has 0 aromatic heterocycles. The van der Waals surface area contributed by atoms with Crippen LogP contribution in [0, 0.1) is 6.92 Å². The number of nitrogens with zero attached hydrogens (tertiary/aromatic N) is 1. The second kappa shape index (κ2) is 5.76. The highest BCUT2D eigenvalue weighted by atomic mass is 16.5. The molecule has 18 heavy (non-hydrogen) atoms. The van der Waals surface area contributed by atoms with Crippen LogP contribution < -0.4 is 10.2 Å². The molecule has 98 valence electrons. The Bertz CT molecular complexity index is 420. The first-order valence-corrected chi connectivity index (χ1v) is 6.35. The van der Waals surface area contributed by atoms with Crippen molar-refractivity contribution in [1.82, 2.24) is 5.32 Å². The Morgan fingerprint density at radius 3 is 3.06 bits per heavy atom. The van der Waals surface area contributed by atoms with E-state index in [0.29, 0.717) is 0 Å². The fraction of sp³-hybridized carbons (Fsp3) is 0.500. The fourth-order valence-corrected chi connectivity index (χ4v) is 2.38. The molecule has 1 atom stereocenters. The second-order valence-corrected chi connectivity index (χ2v) is 4.76. The first-order chi connectivity index (χ1) is 8.69. The summed E-state index contributed by atoms with van der Waals surface area (Å²) in [5.41, 5.74) is 2.49. The summed E-state index contributed by atoms with van der Waals surface area (Å²) >= 11 is 0. The highest BCUT2D eigenvalue weighted by molar-refractivity contribution is 5.67. The second-order valence-electron chi connectivity index (χ2n) is 4.76. The van der Waals surface area contributed by atoms with Crippen LogP contribution in [0.4, 0.5) is 10.5 Å². The van der Waals surface area contributed by atoms with Crippen molar-refractivity contribution in [3.05, 3.63) is 29.8 Å². The lowest BCUT2D eigenvalue weighted by molar-refractivity contribution is 0.165. The van der Waals surface area contributed by atoms with Gasteiger partial charge in [0.05, 0.1) is 7.11 Å². The Hall–Kier alpha value is -1.71. The quantitative estimate of drug-likeness (QED) is 0.873. The van der Waals surface area contributed by atoms with Crippen LogP contribution in [0.15, 0.2) is 24.3 Å². The summed E-state index contributed by atoms with van der Waals surface area (Å²) in [4.78, 5) is 13.5. The molecule has 1 N–H and O–H groups in total. The molecule has 2 rings (SSSR count). The maximum absolute atomic E-state index is 11.2. The monoisotopic (exact) mass is 248 g/mol. The molecule has 0 saturated carbocycles. The molecular weight excluding hydrogens is 228 g/mol. The summed E-state index contributed by atoms with van der Waals surface area (Å²) in [5.74, 6) is 0. The summed E-state index contributed by atoms with van der Waals surface area (Å²) in [7, 11) is 1.40. The van der Waals surface area contributed by atoms with Crippen LogP contribution in [-0.4, -0.2) is 32.3 Å². The first-order valence-electron chi connectivity index (χ1n) is 6.35. The molecule has 1 unspecified atom stereocenters. The molecule has 1 fully saturated rings. The van der Waals surface area contributed by atoms with Gasteiger partial charge < -0.3 is 15.0 Å². The lowest BCUT2D eigenvalue weighted by atomic mass is 10.0. The lowest BCUT2D eigenvalue weighted by Gasteiger charge is -2.34.